The number of aliphatic imine (C=N–C) groups is 1. The molecule has 3 aromatic heterocycles. The SMILES string of the molecule is CC1=N[C@H](C)CN(c2cnc3nc(-c4cc5cn(C)nc5c(F)c4O)cc(Cl)c3c2)C1. The van der Waals surface area contributed by atoms with Crippen molar-refractivity contribution in [2.45, 2.75) is 19.9 Å². The van der Waals surface area contributed by atoms with Crippen LogP contribution in [0.25, 0.3) is 33.2 Å². The van der Waals surface area contributed by atoms with Crippen LogP contribution in [-0.2, 0) is 7.05 Å². The van der Waals surface area contributed by atoms with Crippen LogP contribution in [0.1, 0.15) is 13.8 Å². The number of aromatic hydroxyl groups is 1. The lowest BCUT2D eigenvalue weighted by molar-refractivity contribution is 0.437. The van der Waals surface area contributed by atoms with Crippen molar-refractivity contribution in [3.8, 4) is 17.0 Å². The lowest BCUT2D eigenvalue weighted by Gasteiger charge is -2.30. The molecule has 158 valence electrons. The van der Waals surface area contributed by atoms with Crippen molar-refractivity contribution < 1.29 is 9.50 Å². The van der Waals surface area contributed by atoms with Gasteiger partial charge in [0.15, 0.2) is 17.2 Å². The molecule has 0 saturated carbocycles. The minimum Gasteiger partial charge on any atom is -0.504 e. The minimum atomic E-state index is -0.786. The molecule has 1 aliphatic rings. The van der Waals surface area contributed by atoms with Crippen molar-refractivity contribution in [3.63, 3.8) is 0 Å². The molecule has 9 heteroatoms. The molecule has 5 rings (SSSR count). The second-order valence-corrected chi connectivity index (χ2v) is 8.38. The molecule has 4 heterocycles. The summed E-state index contributed by atoms with van der Waals surface area (Å²) in [5.74, 6) is -1.30. The molecular formula is C22H20ClFN6O. The fourth-order valence-electron chi connectivity index (χ4n) is 4.11. The average molecular weight is 439 g/mol. The summed E-state index contributed by atoms with van der Waals surface area (Å²) >= 11 is 6.58. The maximum Gasteiger partial charge on any atom is 0.193 e. The van der Waals surface area contributed by atoms with E-state index in [-0.39, 0.29) is 17.1 Å². The number of benzene rings is 1. The van der Waals surface area contributed by atoms with E-state index in [0.29, 0.717) is 27.1 Å². The Labute approximate surface area is 182 Å². The van der Waals surface area contributed by atoms with Crippen LogP contribution in [0.2, 0.25) is 5.02 Å². The molecule has 4 aromatic rings. The number of phenols is 1. The molecule has 1 aromatic carbocycles. The monoisotopic (exact) mass is 438 g/mol. The molecule has 0 radical (unpaired) electrons. The van der Waals surface area contributed by atoms with Crippen LogP contribution in [0.4, 0.5) is 10.1 Å². The summed E-state index contributed by atoms with van der Waals surface area (Å²) in [6.07, 6.45) is 3.44. The quantitative estimate of drug-likeness (QED) is 0.503. The van der Waals surface area contributed by atoms with Crippen LogP contribution < -0.4 is 4.90 Å². The number of aromatic nitrogens is 4. The van der Waals surface area contributed by atoms with E-state index in [9.17, 15) is 9.50 Å². The van der Waals surface area contributed by atoms with Crippen LogP contribution in [0.5, 0.6) is 5.75 Å². The number of nitrogens with zero attached hydrogens (tertiary/aromatic N) is 6. The van der Waals surface area contributed by atoms with Crippen molar-refractivity contribution in [2.75, 3.05) is 18.0 Å². The van der Waals surface area contributed by atoms with Gasteiger partial charge in [-0.2, -0.15) is 5.10 Å². The largest absolute Gasteiger partial charge is 0.504 e. The van der Waals surface area contributed by atoms with Gasteiger partial charge >= 0.3 is 0 Å². The number of halogens is 2. The fourth-order valence-corrected chi connectivity index (χ4v) is 4.36. The van der Waals surface area contributed by atoms with Crippen molar-refractivity contribution >= 4 is 44.9 Å². The first-order chi connectivity index (χ1) is 14.8. The molecule has 1 aliphatic heterocycles. The number of pyridine rings is 2. The number of phenolic OH excluding ortho intramolecular Hbond substituents is 1. The van der Waals surface area contributed by atoms with Crippen LogP contribution in [0.3, 0.4) is 0 Å². The third-order valence-corrected chi connectivity index (χ3v) is 5.73. The first kappa shape index (κ1) is 19.7. The summed E-state index contributed by atoms with van der Waals surface area (Å²) in [4.78, 5) is 15.8. The highest BCUT2D eigenvalue weighted by Crippen LogP contribution is 2.38. The summed E-state index contributed by atoms with van der Waals surface area (Å²) in [6.45, 7) is 5.63. The second-order valence-electron chi connectivity index (χ2n) is 7.98. The molecule has 1 N–H and O–H groups in total. The van der Waals surface area contributed by atoms with Gasteiger partial charge in [-0.3, -0.25) is 9.67 Å². The Morgan fingerprint density at radius 2 is 2.06 bits per heavy atom. The summed E-state index contributed by atoms with van der Waals surface area (Å²) in [5.41, 5.74) is 3.12. The average Bonchev–Trinajstić information content (AvgIpc) is 3.10. The Morgan fingerprint density at radius 3 is 2.84 bits per heavy atom. The molecule has 0 amide bonds. The van der Waals surface area contributed by atoms with Gasteiger partial charge in [-0.05, 0) is 32.0 Å². The van der Waals surface area contributed by atoms with Gasteiger partial charge in [0, 0.05) is 41.8 Å². The van der Waals surface area contributed by atoms with E-state index in [0.717, 1.165) is 24.5 Å². The first-order valence-corrected chi connectivity index (χ1v) is 10.3. The second kappa shape index (κ2) is 7.16. The smallest absolute Gasteiger partial charge is 0.193 e. The minimum absolute atomic E-state index is 0.105. The van der Waals surface area contributed by atoms with Gasteiger partial charge < -0.3 is 10.0 Å². The molecule has 7 nitrogen and oxygen atoms in total. The number of hydrogen-bond acceptors (Lipinski definition) is 6. The van der Waals surface area contributed by atoms with E-state index < -0.39 is 11.6 Å². The van der Waals surface area contributed by atoms with Gasteiger partial charge in [0.2, 0.25) is 0 Å². The molecule has 0 saturated heterocycles. The van der Waals surface area contributed by atoms with Crippen LogP contribution in [-0.4, -0.2) is 49.7 Å². The van der Waals surface area contributed by atoms with Gasteiger partial charge in [-0.15, -0.1) is 0 Å². The molecule has 1 atom stereocenters. The Hall–Kier alpha value is -3.26. The van der Waals surface area contributed by atoms with E-state index in [1.165, 1.54) is 4.68 Å². The maximum absolute atomic E-state index is 14.7. The molecule has 0 unspecified atom stereocenters. The van der Waals surface area contributed by atoms with Gasteiger partial charge in [-0.25, -0.2) is 14.4 Å². The van der Waals surface area contributed by atoms with Crippen LogP contribution in [0.15, 0.2) is 35.6 Å². The summed E-state index contributed by atoms with van der Waals surface area (Å²) in [5, 5.41) is 16.2. The Morgan fingerprint density at radius 1 is 1.26 bits per heavy atom. The zero-order valence-electron chi connectivity index (χ0n) is 17.3. The topological polar surface area (TPSA) is 79.4 Å². The summed E-state index contributed by atoms with van der Waals surface area (Å²) < 4.78 is 16.2. The predicted molar refractivity (Wildman–Crippen MR) is 121 cm³/mol. The highest BCUT2D eigenvalue weighted by Gasteiger charge is 2.21. The van der Waals surface area contributed by atoms with Gasteiger partial charge in [0.05, 0.1) is 35.2 Å². The van der Waals surface area contributed by atoms with Gasteiger partial charge in [0.1, 0.15) is 5.52 Å². The number of anilines is 1. The number of aryl methyl sites for hydroxylation is 1. The Kier molecular flexibility index (Phi) is 4.55. The molecule has 31 heavy (non-hydrogen) atoms. The van der Waals surface area contributed by atoms with Crippen LogP contribution >= 0.6 is 11.6 Å². The predicted octanol–water partition coefficient (Wildman–Crippen LogP) is 4.35. The standard InChI is InChI=1S/C22H20ClFN6O/c1-11-8-30(9-12(2)26-11)14-5-15-17(23)6-18(27-22(15)25-7-14)16-4-13-10-29(3)28-20(13)19(24)21(16)31/h4-7,10-11,31H,8-9H2,1-3H3/t11-/m1/s1. The molecule has 0 aliphatic carbocycles. The Bertz CT molecular complexity index is 1380. The van der Waals surface area contributed by atoms with Crippen molar-refractivity contribution in [1.29, 1.82) is 0 Å². The van der Waals surface area contributed by atoms with Crippen molar-refractivity contribution in [2.24, 2.45) is 12.0 Å². The normalized spacial score (nSPS) is 16.9. The zero-order valence-corrected chi connectivity index (χ0v) is 18.0. The van der Waals surface area contributed by atoms with Crippen molar-refractivity contribution in [3.05, 3.63) is 41.4 Å². The molecule has 0 bridgehead atoms. The van der Waals surface area contributed by atoms with Crippen LogP contribution in [0, 0.1) is 5.82 Å². The molecule has 0 spiro atoms. The first-order valence-electron chi connectivity index (χ1n) is 9.90. The van der Waals surface area contributed by atoms with E-state index >= 15 is 0 Å². The third kappa shape index (κ3) is 3.37. The fraction of sp³-hybridized carbons (Fsp3) is 0.273. The van der Waals surface area contributed by atoms with E-state index in [1.807, 2.05) is 13.0 Å². The van der Waals surface area contributed by atoms with E-state index in [2.05, 4.69) is 31.9 Å². The maximum atomic E-state index is 14.7. The Balaban J connectivity index is 1.60. The molecular weight excluding hydrogens is 419 g/mol. The van der Waals surface area contributed by atoms with E-state index in [1.54, 1.807) is 31.6 Å². The number of hydrogen-bond donors (Lipinski definition) is 1. The molecule has 0 fully saturated rings. The number of fused-ring (bicyclic) bond motifs is 2. The lowest BCUT2D eigenvalue weighted by Crippen LogP contribution is -2.39. The van der Waals surface area contributed by atoms with E-state index in [4.69, 9.17) is 11.6 Å². The summed E-state index contributed by atoms with van der Waals surface area (Å²) in [6, 6.07) is 5.44. The number of rotatable bonds is 2. The van der Waals surface area contributed by atoms with Crippen molar-refractivity contribution in [1.82, 2.24) is 19.7 Å². The van der Waals surface area contributed by atoms with Gasteiger partial charge in [0.25, 0.3) is 0 Å². The summed E-state index contributed by atoms with van der Waals surface area (Å²) in [7, 11) is 1.69. The third-order valence-electron chi connectivity index (χ3n) is 5.41. The highest BCUT2D eigenvalue weighted by molar-refractivity contribution is 6.35. The highest BCUT2D eigenvalue weighted by atomic mass is 35.5. The zero-order chi connectivity index (χ0) is 21.9. The lowest BCUT2D eigenvalue weighted by atomic mass is 10.1. The van der Waals surface area contributed by atoms with Gasteiger partial charge in [-0.1, -0.05) is 11.6 Å².